The highest BCUT2D eigenvalue weighted by molar-refractivity contribution is 8.00. The van der Waals surface area contributed by atoms with Gasteiger partial charge < -0.3 is 11.1 Å². The minimum Gasteiger partial charge on any atom is -0.366 e. The highest BCUT2D eigenvalue weighted by Gasteiger charge is 2.09. The van der Waals surface area contributed by atoms with Gasteiger partial charge in [-0.1, -0.05) is 11.8 Å². The number of nitrogens with one attached hydrogen (secondary N) is 1. The van der Waals surface area contributed by atoms with Crippen LogP contribution in [0.1, 0.15) is 10.4 Å². The number of rotatable bonds is 5. The van der Waals surface area contributed by atoms with Crippen LogP contribution in [0.5, 0.6) is 0 Å². The number of carbonyl (C=O) groups is 2. The van der Waals surface area contributed by atoms with E-state index in [-0.39, 0.29) is 11.7 Å². The molecule has 8 heteroatoms. The van der Waals surface area contributed by atoms with Crippen molar-refractivity contribution >= 4 is 50.8 Å². The molecule has 0 bridgehead atoms. The van der Waals surface area contributed by atoms with E-state index in [9.17, 15) is 9.59 Å². The van der Waals surface area contributed by atoms with E-state index in [1.54, 1.807) is 24.3 Å². The number of thioether (sulfide) groups is 1. The zero-order valence-corrected chi connectivity index (χ0v) is 13.5. The third kappa shape index (κ3) is 3.66. The Balaban J connectivity index is 1.61. The molecule has 0 aliphatic rings. The number of amides is 2. The average Bonchev–Trinajstić information content (AvgIpc) is 3.02. The summed E-state index contributed by atoms with van der Waals surface area (Å²) in [7, 11) is 0. The Morgan fingerprint density at radius 1 is 1.17 bits per heavy atom. The molecule has 1 aromatic carbocycles. The number of primary amides is 1. The third-order valence-corrected chi connectivity index (χ3v) is 4.84. The normalized spacial score (nSPS) is 10.6. The zero-order chi connectivity index (χ0) is 16.2. The van der Waals surface area contributed by atoms with E-state index < -0.39 is 5.91 Å². The molecule has 3 N–H and O–H groups in total. The van der Waals surface area contributed by atoms with Crippen molar-refractivity contribution in [3.8, 4) is 0 Å². The average molecular weight is 344 g/mol. The molecule has 6 nitrogen and oxygen atoms in total. The van der Waals surface area contributed by atoms with Gasteiger partial charge in [0.25, 0.3) is 0 Å². The van der Waals surface area contributed by atoms with Gasteiger partial charge in [-0.3, -0.25) is 9.59 Å². The largest absolute Gasteiger partial charge is 0.366 e. The van der Waals surface area contributed by atoms with Crippen LogP contribution in [0.2, 0.25) is 0 Å². The number of carbonyl (C=O) groups excluding carboxylic acids is 2. The second-order valence-electron chi connectivity index (χ2n) is 4.60. The molecule has 116 valence electrons. The Kier molecular flexibility index (Phi) is 4.54. The summed E-state index contributed by atoms with van der Waals surface area (Å²) >= 11 is 2.90. The van der Waals surface area contributed by atoms with Crippen molar-refractivity contribution < 1.29 is 9.59 Å². The molecule has 2 heterocycles. The standard InChI is InChI=1S/C15H12N4O2S2/c16-13(21)9-1-3-10(4-2-9)19-12(20)7-23-15-11-5-6-22-14(11)17-8-18-15/h1-6,8H,7H2,(H2,16,21)(H,19,20). The number of thiophene rings is 1. The third-order valence-electron chi connectivity index (χ3n) is 3.02. The summed E-state index contributed by atoms with van der Waals surface area (Å²) in [5.74, 6) is -0.412. The smallest absolute Gasteiger partial charge is 0.248 e. The Hall–Kier alpha value is -2.45. The molecule has 0 atom stereocenters. The number of fused-ring (bicyclic) bond motifs is 1. The second-order valence-corrected chi connectivity index (χ2v) is 6.46. The van der Waals surface area contributed by atoms with Gasteiger partial charge in [0.15, 0.2) is 0 Å². The maximum Gasteiger partial charge on any atom is 0.248 e. The maximum absolute atomic E-state index is 12.0. The van der Waals surface area contributed by atoms with E-state index in [1.807, 2.05) is 11.4 Å². The maximum atomic E-state index is 12.0. The van der Waals surface area contributed by atoms with Crippen LogP contribution in [0, 0.1) is 0 Å². The van der Waals surface area contributed by atoms with Gasteiger partial charge in [0.2, 0.25) is 11.8 Å². The molecule has 0 saturated heterocycles. The van der Waals surface area contributed by atoms with Crippen molar-refractivity contribution in [2.45, 2.75) is 5.03 Å². The van der Waals surface area contributed by atoms with E-state index >= 15 is 0 Å². The van der Waals surface area contributed by atoms with Crippen LogP contribution in [-0.2, 0) is 4.79 Å². The molecule has 0 spiro atoms. The van der Waals surface area contributed by atoms with Crippen molar-refractivity contribution in [2.75, 3.05) is 11.1 Å². The topological polar surface area (TPSA) is 98.0 Å². The Bertz CT molecular complexity index is 861. The lowest BCUT2D eigenvalue weighted by Crippen LogP contribution is -2.15. The first-order chi connectivity index (χ1) is 11.1. The number of benzene rings is 1. The number of hydrogen-bond donors (Lipinski definition) is 2. The first-order valence-corrected chi connectivity index (χ1v) is 8.51. The summed E-state index contributed by atoms with van der Waals surface area (Å²) in [6, 6.07) is 8.38. The lowest BCUT2D eigenvalue weighted by Gasteiger charge is -2.06. The summed E-state index contributed by atoms with van der Waals surface area (Å²) in [5, 5.41) is 6.46. The molecular weight excluding hydrogens is 332 g/mol. The van der Waals surface area contributed by atoms with E-state index in [1.165, 1.54) is 29.4 Å². The van der Waals surface area contributed by atoms with Crippen molar-refractivity contribution in [2.24, 2.45) is 5.73 Å². The second kappa shape index (κ2) is 6.76. The van der Waals surface area contributed by atoms with Gasteiger partial charge in [-0.05, 0) is 35.7 Å². The SMILES string of the molecule is NC(=O)c1ccc(NC(=O)CSc2ncnc3sccc23)cc1. The quantitative estimate of drug-likeness (QED) is 0.547. The van der Waals surface area contributed by atoms with Crippen LogP contribution in [0.15, 0.2) is 47.1 Å². The Labute approximate surface area is 140 Å². The van der Waals surface area contributed by atoms with E-state index in [0.29, 0.717) is 11.3 Å². The predicted molar refractivity (Wildman–Crippen MR) is 91.7 cm³/mol. The summed E-state index contributed by atoms with van der Waals surface area (Å²) in [5.41, 5.74) is 6.19. The molecular formula is C15H12N4O2S2. The number of aromatic nitrogens is 2. The van der Waals surface area contributed by atoms with Gasteiger partial charge >= 0.3 is 0 Å². The van der Waals surface area contributed by atoms with Crippen LogP contribution in [0.4, 0.5) is 5.69 Å². The number of nitrogens with two attached hydrogens (primary N) is 1. The first kappa shape index (κ1) is 15.4. The number of anilines is 1. The minimum atomic E-state index is -0.498. The number of nitrogens with zero attached hydrogens (tertiary/aromatic N) is 2. The highest BCUT2D eigenvalue weighted by atomic mass is 32.2. The predicted octanol–water partition coefficient (Wildman–Crippen LogP) is 2.52. The molecule has 2 aromatic heterocycles. The van der Waals surface area contributed by atoms with Gasteiger partial charge in [-0.2, -0.15) is 0 Å². The molecule has 0 unspecified atom stereocenters. The monoisotopic (exact) mass is 344 g/mol. The first-order valence-electron chi connectivity index (χ1n) is 6.64. The molecule has 0 aliphatic heterocycles. The summed E-state index contributed by atoms with van der Waals surface area (Å²) in [4.78, 5) is 32.3. The van der Waals surface area contributed by atoms with Crippen LogP contribution in [0.25, 0.3) is 10.2 Å². The van der Waals surface area contributed by atoms with Gasteiger partial charge in [-0.15, -0.1) is 11.3 Å². The molecule has 0 saturated carbocycles. The van der Waals surface area contributed by atoms with Gasteiger partial charge in [0.05, 0.1) is 5.75 Å². The van der Waals surface area contributed by atoms with E-state index in [0.717, 1.165) is 15.2 Å². The molecule has 0 aliphatic carbocycles. The van der Waals surface area contributed by atoms with Crippen molar-refractivity contribution in [1.29, 1.82) is 0 Å². The van der Waals surface area contributed by atoms with Crippen LogP contribution in [-0.4, -0.2) is 27.5 Å². The van der Waals surface area contributed by atoms with Crippen molar-refractivity contribution in [3.63, 3.8) is 0 Å². The summed E-state index contributed by atoms with van der Waals surface area (Å²) in [6.45, 7) is 0. The Morgan fingerprint density at radius 3 is 2.70 bits per heavy atom. The number of hydrogen-bond acceptors (Lipinski definition) is 6. The molecule has 23 heavy (non-hydrogen) atoms. The minimum absolute atomic E-state index is 0.149. The fourth-order valence-corrected chi connectivity index (χ4v) is 3.51. The van der Waals surface area contributed by atoms with Gasteiger partial charge in [0, 0.05) is 16.6 Å². The molecule has 2 amide bonds. The molecule has 3 rings (SSSR count). The lowest BCUT2D eigenvalue weighted by atomic mass is 10.2. The molecule has 3 aromatic rings. The molecule has 0 fully saturated rings. The zero-order valence-electron chi connectivity index (χ0n) is 11.9. The fraction of sp³-hybridized carbons (Fsp3) is 0.0667. The Morgan fingerprint density at radius 2 is 1.96 bits per heavy atom. The summed E-state index contributed by atoms with van der Waals surface area (Å²) < 4.78 is 0. The van der Waals surface area contributed by atoms with Gasteiger partial charge in [-0.25, -0.2) is 9.97 Å². The van der Waals surface area contributed by atoms with Crippen LogP contribution >= 0.6 is 23.1 Å². The summed E-state index contributed by atoms with van der Waals surface area (Å²) in [6.07, 6.45) is 1.50. The fourth-order valence-electron chi connectivity index (χ4n) is 1.93. The lowest BCUT2D eigenvalue weighted by molar-refractivity contribution is -0.113. The van der Waals surface area contributed by atoms with E-state index in [4.69, 9.17) is 5.73 Å². The van der Waals surface area contributed by atoms with Crippen molar-refractivity contribution in [1.82, 2.24) is 9.97 Å². The van der Waals surface area contributed by atoms with Crippen molar-refractivity contribution in [3.05, 3.63) is 47.6 Å². The van der Waals surface area contributed by atoms with Crippen LogP contribution < -0.4 is 11.1 Å². The van der Waals surface area contributed by atoms with Gasteiger partial charge in [0.1, 0.15) is 16.2 Å². The molecule has 0 radical (unpaired) electrons. The van der Waals surface area contributed by atoms with E-state index in [2.05, 4.69) is 15.3 Å². The van der Waals surface area contributed by atoms with Crippen LogP contribution in [0.3, 0.4) is 0 Å². The highest BCUT2D eigenvalue weighted by Crippen LogP contribution is 2.27.